The third-order valence-electron chi connectivity index (χ3n) is 4.71. The van der Waals surface area contributed by atoms with Crippen LogP contribution in [0, 0.1) is 0 Å². The second kappa shape index (κ2) is 11.0. The molecule has 134 valence electrons. The largest absolute Gasteiger partial charge is 0.339 e. The van der Waals surface area contributed by atoms with Crippen LogP contribution in [0.2, 0.25) is 0 Å². The van der Waals surface area contributed by atoms with E-state index in [4.69, 9.17) is 0 Å². The number of carbonyl (C=O) groups is 1. The first kappa shape index (κ1) is 18.7. The Balaban J connectivity index is 1.55. The van der Waals surface area contributed by atoms with Gasteiger partial charge < -0.3 is 9.80 Å². The third kappa shape index (κ3) is 6.46. The fraction of sp³-hybridized carbons (Fsp3) is 0.737. The minimum Gasteiger partial charge on any atom is -0.339 e. The summed E-state index contributed by atoms with van der Waals surface area (Å²) in [6, 6.07) is 1.83. The minimum atomic E-state index is 0.314. The topological polar surface area (TPSA) is 49.3 Å². The van der Waals surface area contributed by atoms with Gasteiger partial charge in [-0.3, -0.25) is 4.79 Å². The minimum absolute atomic E-state index is 0.314. The molecule has 0 N–H and O–H groups in total. The van der Waals surface area contributed by atoms with Crippen molar-refractivity contribution in [2.45, 2.75) is 64.7 Å². The SMILES string of the molecule is CCCCCCCCCCC(=O)N1CCN(c2ncccn2)CC1. The molecule has 2 heterocycles. The fourth-order valence-electron chi connectivity index (χ4n) is 3.18. The van der Waals surface area contributed by atoms with E-state index in [1.807, 2.05) is 11.0 Å². The van der Waals surface area contributed by atoms with Crippen molar-refractivity contribution in [2.75, 3.05) is 31.1 Å². The van der Waals surface area contributed by atoms with E-state index in [1.165, 1.54) is 44.9 Å². The van der Waals surface area contributed by atoms with Gasteiger partial charge in [-0.15, -0.1) is 0 Å². The molecule has 0 spiro atoms. The summed E-state index contributed by atoms with van der Waals surface area (Å²) in [5.41, 5.74) is 0. The molecule has 2 rings (SSSR count). The van der Waals surface area contributed by atoms with Crippen LogP contribution in [0.4, 0.5) is 5.95 Å². The molecule has 0 atom stereocenters. The van der Waals surface area contributed by atoms with Crippen molar-refractivity contribution < 1.29 is 4.79 Å². The van der Waals surface area contributed by atoms with Crippen LogP contribution in [-0.2, 0) is 4.79 Å². The van der Waals surface area contributed by atoms with Crippen molar-refractivity contribution in [3.05, 3.63) is 18.5 Å². The number of anilines is 1. The van der Waals surface area contributed by atoms with Gasteiger partial charge in [0.25, 0.3) is 0 Å². The third-order valence-corrected chi connectivity index (χ3v) is 4.71. The number of nitrogens with zero attached hydrogens (tertiary/aromatic N) is 4. The molecule has 0 saturated carbocycles. The molecule has 0 unspecified atom stereocenters. The molecule has 24 heavy (non-hydrogen) atoms. The van der Waals surface area contributed by atoms with E-state index in [0.29, 0.717) is 12.3 Å². The summed E-state index contributed by atoms with van der Waals surface area (Å²) in [5.74, 6) is 1.09. The molecule has 1 saturated heterocycles. The van der Waals surface area contributed by atoms with Crippen LogP contribution in [0.15, 0.2) is 18.5 Å². The molecule has 0 aromatic carbocycles. The maximum Gasteiger partial charge on any atom is 0.225 e. The molecular formula is C19H32N4O. The van der Waals surface area contributed by atoms with Gasteiger partial charge in [0.05, 0.1) is 0 Å². The highest BCUT2D eigenvalue weighted by molar-refractivity contribution is 5.76. The number of hydrogen-bond donors (Lipinski definition) is 0. The Kier molecular flexibility index (Phi) is 8.56. The van der Waals surface area contributed by atoms with Gasteiger partial charge in [0.15, 0.2) is 0 Å². The Hall–Kier alpha value is -1.65. The summed E-state index contributed by atoms with van der Waals surface area (Å²) >= 11 is 0. The lowest BCUT2D eigenvalue weighted by Gasteiger charge is -2.34. The van der Waals surface area contributed by atoms with Crippen LogP contribution in [0.25, 0.3) is 0 Å². The zero-order chi connectivity index (χ0) is 17.0. The summed E-state index contributed by atoms with van der Waals surface area (Å²) in [6.07, 6.45) is 14.4. The molecule has 1 fully saturated rings. The normalized spacial score (nSPS) is 14.9. The lowest BCUT2D eigenvalue weighted by atomic mass is 10.1. The number of aromatic nitrogens is 2. The molecule has 1 aliphatic rings. The standard InChI is InChI=1S/C19H32N4O/c1-2-3-4-5-6-7-8-9-11-18(24)22-14-16-23(17-15-22)19-20-12-10-13-21-19/h10,12-13H,2-9,11,14-17H2,1H3. The van der Waals surface area contributed by atoms with Gasteiger partial charge in [-0.1, -0.05) is 51.9 Å². The van der Waals surface area contributed by atoms with Gasteiger partial charge in [-0.25, -0.2) is 9.97 Å². The van der Waals surface area contributed by atoms with Crippen molar-refractivity contribution in [3.63, 3.8) is 0 Å². The molecule has 1 aromatic rings. The summed E-state index contributed by atoms with van der Waals surface area (Å²) < 4.78 is 0. The van der Waals surface area contributed by atoms with Crippen LogP contribution in [0.5, 0.6) is 0 Å². The highest BCUT2D eigenvalue weighted by Gasteiger charge is 2.21. The summed E-state index contributed by atoms with van der Waals surface area (Å²) in [6.45, 7) is 5.47. The molecule has 1 aliphatic heterocycles. The van der Waals surface area contributed by atoms with E-state index < -0.39 is 0 Å². The zero-order valence-corrected chi connectivity index (χ0v) is 15.1. The molecule has 5 nitrogen and oxygen atoms in total. The molecule has 1 amide bonds. The fourth-order valence-corrected chi connectivity index (χ4v) is 3.18. The second-order valence-electron chi connectivity index (χ2n) is 6.64. The predicted molar refractivity (Wildman–Crippen MR) is 98.1 cm³/mol. The number of rotatable bonds is 10. The Labute approximate surface area is 146 Å². The van der Waals surface area contributed by atoms with Crippen LogP contribution >= 0.6 is 0 Å². The van der Waals surface area contributed by atoms with Crippen molar-refractivity contribution in [2.24, 2.45) is 0 Å². The second-order valence-corrected chi connectivity index (χ2v) is 6.64. The average Bonchev–Trinajstić information content (AvgIpc) is 2.64. The van der Waals surface area contributed by atoms with Crippen LogP contribution in [-0.4, -0.2) is 47.0 Å². The first-order chi connectivity index (χ1) is 11.8. The van der Waals surface area contributed by atoms with Crippen LogP contribution < -0.4 is 4.90 Å². The van der Waals surface area contributed by atoms with Crippen molar-refractivity contribution >= 4 is 11.9 Å². The Morgan fingerprint density at radius 2 is 1.50 bits per heavy atom. The lowest BCUT2D eigenvalue weighted by molar-refractivity contribution is -0.131. The van der Waals surface area contributed by atoms with E-state index in [0.717, 1.165) is 38.5 Å². The number of amides is 1. The van der Waals surface area contributed by atoms with E-state index in [2.05, 4.69) is 21.8 Å². The summed E-state index contributed by atoms with van der Waals surface area (Å²) in [7, 11) is 0. The zero-order valence-electron chi connectivity index (χ0n) is 15.1. The predicted octanol–water partition coefficient (Wildman–Crippen LogP) is 3.66. The van der Waals surface area contributed by atoms with Gasteiger partial charge in [0.2, 0.25) is 11.9 Å². The van der Waals surface area contributed by atoms with Gasteiger partial charge in [0, 0.05) is 45.0 Å². The number of piperazine rings is 1. The average molecular weight is 332 g/mol. The van der Waals surface area contributed by atoms with Gasteiger partial charge >= 0.3 is 0 Å². The maximum absolute atomic E-state index is 12.3. The molecule has 0 aliphatic carbocycles. The quantitative estimate of drug-likeness (QED) is 0.614. The molecular weight excluding hydrogens is 300 g/mol. The Morgan fingerprint density at radius 3 is 2.12 bits per heavy atom. The molecule has 1 aromatic heterocycles. The van der Waals surface area contributed by atoms with E-state index in [-0.39, 0.29) is 0 Å². The highest BCUT2D eigenvalue weighted by Crippen LogP contribution is 2.13. The monoisotopic (exact) mass is 332 g/mol. The van der Waals surface area contributed by atoms with Gasteiger partial charge in [0.1, 0.15) is 0 Å². The van der Waals surface area contributed by atoms with Crippen LogP contribution in [0.1, 0.15) is 64.7 Å². The van der Waals surface area contributed by atoms with Gasteiger partial charge in [-0.05, 0) is 12.5 Å². The molecule has 5 heteroatoms. The number of hydrogen-bond acceptors (Lipinski definition) is 4. The van der Waals surface area contributed by atoms with E-state index in [1.54, 1.807) is 12.4 Å². The Bertz CT molecular complexity index is 458. The molecule has 0 radical (unpaired) electrons. The first-order valence-electron chi connectivity index (χ1n) is 9.61. The molecule has 0 bridgehead atoms. The van der Waals surface area contributed by atoms with Crippen molar-refractivity contribution in [3.8, 4) is 0 Å². The Morgan fingerprint density at radius 1 is 0.917 bits per heavy atom. The first-order valence-corrected chi connectivity index (χ1v) is 9.61. The van der Waals surface area contributed by atoms with E-state index in [9.17, 15) is 4.79 Å². The summed E-state index contributed by atoms with van der Waals surface area (Å²) in [5, 5.41) is 0. The van der Waals surface area contributed by atoms with Crippen LogP contribution in [0.3, 0.4) is 0 Å². The van der Waals surface area contributed by atoms with E-state index >= 15 is 0 Å². The maximum atomic E-state index is 12.3. The number of unbranched alkanes of at least 4 members (excludes halogenated alkanes) is 7. The van der Waals surface area contributed by atoms with Crippen molar-refractivity contribution in [1.29, 1.82) is 0 Å². The smallest absolute Gasteiger partial charge is 0.225 e. The lowest BCUT2D eigenvalue weighted by Crippen LogP contribution is -2.49. The number of carbonyl (C=O) groups excluding carboxylic acids is 1. The van der Waals surface area contributed by atoms with Crippen molar-refractivity contribution in [1.82, 2.24) is 14.9 Å². The summed E-state index contributed by atoms with van der Waals surface area (Å²) in [4.78, 5) is 25.0. The highest BCUT2D eigenvalue weighted by atomic mass is 16.2. The van der Waals surface area contributed by atoms with Gasteiger partial charge in [-0.2, -0.15) is 0 Å².